The highest BCUT2D eigenvalue weighted by molar-refractivity contribution is 7.23. The average Bonchev–Trinajstić information content (AvgIpc) is 3.95. The maximum atomic E-state index is 15.6. The molecule has 4 aromatic heterocycles. The minimum absolute atomic E-state index is 0.0238. The number of H-pyrrole nitrogens is 1. The number of aromatic nitrogens is 4. The Morgan fingerprint density at radius 3 is 2.73 bits per heavy atom. The third kappa shape index (κ3) is 5.10. The molecule has 51 heavy (non-hydrogen) atoms. The lowest BCUT2D eigenvalue weighted by Gasteiger charge is -2.22. The molecule has 9 rings (SSSR count). The molecule has 2 aliphatic heterocycles. The van der Waals surface area contributed by atoms with E-state index >= 15 is 8.78 Å². The molecule has 2 aromatic carbocycles. The molecule has 1 unspecified atom stereocenters. The van der Waals surface area contributed by atoms with Crippen LogP contribution in [-0.2, 0) is 19.3 Å². The Labute approximate surface area is 292 Å². The van der Waals surface area contributed by atoms with Crippen molar-refractivity contribution in [3.05, 3.63) is 111 Å². The zero-order chi connectivity index (χ0) is 35.0. The summed E-state index contributed by atoms with van der Waals surface area (Å²) in [5.74, 6) is -3.75. The van der Waals surface area contributed by atoms with E-state index in [1.54, 1.807) is 42.6 Å². The van der Waals surface area contributed by atoms with Gasteiger partial charge in [0, 0.05) is 35.2 Å². The average molecular weight is 711 g/mol. The molecular weight excluding hydrogens is 682 g/mol. The second-order valence-electron chi connectivity index (χ2n) is 13.0. The maximum absolute atomic E-state index is 15.6. The van der Waals surface area contributed by atoms with Gasteiger partial charge in [-0.15, -0.1) is 16.4 Å². The molecule has 0 spiro atoms. The summed E-state index contributed by atoms with van der Waals surface area (Å²) in [4.78, 5) is 38.5. The Bertz CT molecular complexity index is 2420. The quantitative estimate of drug-likeness (QED) is 0.169. The number of aromatic amines is 1. The molecule has 0 radical (unpaired) electrons. The van der Waals surface area contributed by atoms with Gasteiger partial charge in [0.2, 0.25) is 0 Å². The summed E-state index contributed by atoms with van der Waals surface area (Å²) in [6.45, 7) is 0.587. The van der Waals surface area contributed by atoms with Crippen LogP contribution in [0.3, 0.4) is 0 Å². The van der Waals surface area contributed by atoms with Gasteiger partial charge in [-0.25, -0.2) is 28.0 Å². The summed E-state index contributed by atoms with van der Waals surface area (Å²) in [7, 11) is 1.46. The monoisotopic (exact) mass is 710 g/mol. The molecule has 2 N–H and O–H groups in total. The van der Waals surface area contributed by atoms with Crippen molar-refractivity contribution in [1.29, 1.82) is 0 Å². The lowest BCUT2D eigenvalue weighted by molar-refractivity contribution is -0.00734. The van der Waals surface area contributed by atoms with Gasteiger partial charge in [0.1, 0.15) is 23.4 Å². The Morgan fingerprint density at radius 1 is 1.10 bits per heavy atom. The number of amides is 1. The van der Waals surface area contributed by atoms with Gasteiger partial charge >= 0.3 is 5.76 Å². The Morgan fingerprint density at radius 2 is 1.94 bits per heavy atom. The Balaban J connectivity index is 1.21. The molecule has 0 bridgehead atoms. The van der Waals surface area contributed by atoms with Crippen LogP contribution in [-0.4, -0.2) is 50.5 Å². The summed E-state index contributed by atoms with van der Waals surface area (Å²) < 4.78 is 56.5. The van der Waals surface area contributed by atoms with Crippen LogP contribution in [0.15, 0.2) is 70.0 Å². The molecule has 258 valence electrons. The van der Waals surface area contributed by atoms with Crippen molar-refractivity contribution < 1.29 is 27.1 Å². The molecule has 2 atom stereocenters. The fraction of sp³-hybridized carbons (Fsp3) is 0.270. The third-order valence-electron chi connectivity index (χ3n) is 10.1. The summed E-state index contributed by atoms with van der Waals surface area (Å²) in [6.07, 6.45) is 3.54. The van der Waals surface area contributed by atoms with E-state index in [9.17, 15) is 14.0 Å². The first-order valence-corrected chi connectivity index (χ1v) is 17.4. The van der Waals surface area contributed by atoms with Crippen LogP contribution >= 0.6 is 11.3 Å². The van der Waals surface area contributed by atoms with Crippen molar-refractivity contribution in [2.45, 2.75) is 50.1 Å². The zero-order valence-electron chi connectivity index (χ0n) is 27.1. The van der Waals surface area contributed by atoms with E-state index in [1.165, 1.54) is 30.6 Å². The lowest BCUT2D eigenvalue weighted by atomic mass is 9.93. The number of fused-ring (bicyclic) bond motifs is 5. The van der Waals surface area contributed by atoms with Crippen molar-refractivity contribution in [3.63, 3.8) is 0 Å². The number of nitrogens with one attached hydrogen (secondary N) is 2. The highest BCUT2D eigenvalue weighted by Gasteiger charge is 2.49. The van der Waals surface area contributed by atoms with Crippen molar-refractivity contribution in [1.82, 2.24) is 25.1 Å². The summed E-state index contributed by atoms with van der Waals surface area (Å²) >= 11 is 1.29. The van der Waals surface area contributed by atoms with Crippen LogP contribution in [0, 0.1) is 5.82 Å². The number of alkyl halides is 2. The minimum atomic E-state index is -3.12. The lowest BCUT2D eigenvalue weighted by Crippen LogP contribution is -2.28. The minimum Gasteiger partial charge on any atom is -0.496 e. The molecule has 6 aromatic rings. The van der Waals surface area contributed by atoms with Crippen molar-refractivity contribution in [2.75, 3.05) is 19.0 Å². The predicted octanol–water partition coefficient (Wildman–Crippen LogP) is 7.27. The summed E-state index contributed by atoms with van der Waals surface area (Å²) in [6, 6.07) is 13.4. The normalized spacial score (nSPS) is 18.7. The second-order valence-corrected chi connectivity index (χ2v) is 14.1. The maximum Gasteiger partial charge on any atom is 0.434 e. The molecule has 10 nitrogen and oxygen atoms in total. The van der Waals surface area contributed by atoms with E-state index < -0.39 is 24.1 Å². The van der Waals surface area contributed by atoms with E-state index in [0.717, 1.165) is 23.8 Å². The van der Waals surface area contributed by atoms with E-state index in [2.05, 4.69) is 20.5 Å². The smallest absolute Gasteiger partial charge is 0.434 e. The van der Waals surface area contributed by atoms with E-state index in [1.807, 2.05) is 11.0 Å². The van der Waals surface area contributed by atoms with Crippen molar-refractivity contribution >= 4 is 33.1 Å². The first-order valence-electron chi connectivity index (χ1n) is 16.6. The van der Waals surface area contributed by atoms with Gasteiger partial charge in [0.15, 0.2) is 0 Å². The molecule has 1 aliphatic carbocycles. The number of hydrogen-bond acceptors (Lipinski definition) is 9. The predicted molar refractivity (Wildman–Crippen MR) is 184 cm³/mol. The topological polar surface area (TPSA) is 126 Å². The van der Waals surface area contributed by atoms with Gasteiger partial charge in [-0.3, -0.25) is 9.78 Å². The fourth-order valence-electron chi connectivity index (χ4n) is 7.77. The first-order chi connectivity index (χ1) is 24.7. The van der Waals surface area contributed by atoms with Gasteiger partial charge in [0.25, 0.3) is 17.7 Å². The number of pyridine rings is 2. The van der Waals surface area contributed by atoms with Gasteiger partial charge in [-0.05, 0) is 72.5 Å². The number of thiophene rings is 1. The number of carbonyl (C=O) groups excluding carboxylic acids is 1. The molecule has 1 fully saturated rings. The van der Waals surface area contributed by atoms with Crippen LogP contribution in [0.5, 0.6) is 5.75 Å². The molecule has 3 aliphatic rings. The van der Waals surface area contributed by atoms with Crippen LogP contribution in [0.4, 0.5) is 19.0 Å². The number of ether oxygens (including phenoxy) is 1. The summed E-state index contributed by atoms with van der Waals surface area (Å²) in [5.41, 5.74) is 4.28. The number of aryl methyl sites for hydroxylation is 2. The molecular formula is C37H29F3N6O4S. The largest absolute Gasteiger partial charge is 0.496 e. The van der Waals surface area contributed by atoms with Gasteiger partial charge in [-0.2, -0.15) is 0 Å². The number of rotatable bonds is 8. The van der Waals surface area contributed by atoms with E-state index in [-0.39, 0.29) is 29.5 Å². The van der Waals surface area contributed by atoms with Crippen molar-refractivity contribution in [3.8, 4) is 27.6 Å². The number of methoxy groups -OCH3 is 1. The third-order valence-corrected chi connectivity index (χ3v) is 11.2. The number of anilines is 1. The van der Waals surface area contributed by atoms with Gasteiger partial charge < -0.3 is 19.4 Å². The highest BCUT2D eigenvalue weighted by atomic mass is 32.1. The van der Waals surface area contributed by atoms with E-state index in [0.29, 0.717) is 73.9 Å². The Hall–Kier alpha value is -5.50. The van der Waals surface area contributed by atoms with Crippen molar-refractivity contribution in [2.24, 2.45) is 0 Å². The zero-order valence-corrected chi connectivity index (χ0v) is 28.0. The first kappa shape index (κ1) is 31.5. The molecule has 0 saturated carbocycles. The van der Waals surface area contributed by atoms with E-state index in [4.69, 9.17) is 14.1 Å². The molecule has 1 amide bonds. The Kier molecular flexibility index (Phi) is 7.28. The number of halogens is 3. The highest BCUT2D eigenvalue weighted by Crippen LogP contribution is 2.52. The number of benzene rings is 2. The SMILES string of the molecule is COc1cccc2c1CC(F)(F)[C@@H]2Nc1nccc2cc(-c3c4c(nc(CCc5ccc(F)cc5)c3-c3n[nH]c(=O)o3)C3CCCN3C4=O)sc12. The second kappa shape index (κ2) is 11.8. The molecule has 14 heteroatoms. The number of hydrogen-bond donors (Lipinski definition) is 2. The molecule has 1 saturated heterocycles. The van der Waals surface area contributed by atoms with Gasteiger partial charge in [0.05, 0.1) is 40.4 Å². The van der Waals surface area contributed by atoms with Crippen LogP contribution in [0.25, 0.3) is 32.0 Å². The number of carbonyl (C=O) groups is 1. The van der Waals surface area contributed by atoms with Crippen LogP contribution < -0.4 is 15.8 Å². The van der Waals surface area contributed by atoms with Crippen LogP contribution in [0.1, 0.15) is 63.4 Å². The summed E-state index contributed by atoms with van der Waals surface area (Å²) in [5, 5.41) is 10.3. The fourth-order valence-corrected chi connectivity index (χ4v) is 8.93. The molecule has 6 heterocycles. The standard InChI is InChI=1S/C37H29F3N6O4S/c1-49-25-6-2-4-21-22(25)17-37(39,40)32(21)43-33-31-19(13-14-41-33)16-26(51-31)28-27(34-44-45-36(48)50-34)23(12-9-18-7-10-20(38)11-8-18)42-30-24-5-3-15-46(24)35(47)29(28)30/h2,4,6-8,10-11,13-14,16,24,32H,3,5,9,12,15,17H2,1H3,(H,41,43)(H,45,48)/t24?,32-/m1/s1. The van der Waals surface area contributed by atoms with Crippen LogP contribution in [0.2, 0.25) is 0 Å². The van der Waals surface area contributed by atoms with Gasteiger partial charge in [-0.1, -0.05) is 24.3 Å². The number of nitrogens with zero attached hydrogens (tertiary/aromatic N) is 4.